The van der Waals surface area contributed by atoms with E-state index < -0.39 is 0 Å². The Hall–Kier alpha value is -1.73. The summed E-state index contributed by atoms with van der Waals surface area (Å²) in [5.74, 6) is 2.70. The smallest absolute Gasteiger partial charge is 0.163 e. The molecular formula is C17H24N6O. The van der Waals surface area contributed by atoms with Gasteiger partial charge in [0.15, 0.2) is 5.65 Å². The zero-order valence-corrected chi connectivity index (χ0v) is 14.4. The Balaban J connectivity index is 1.45. The lowest BCUT2D eigenvalue weighted by Gasteiger charge is -2.48. The van der Waals surface area contributed by atoms with Crippen molar-refractivity contribution in [3.63, 3.8) is 0 Å². The van der Waals surface area contributed by atoms with Crippen molar-refractivity contribution in [2.24, 2.45) is 13.0 Å². The van der Waals surface area contributed by atoms with Gasteiger partial charge in [0.05, 0.1) is 30.8 Å². The fraction of sp³-hybridized carbons (Fsp3) is 0.706. The molecule has 2 aromatic rings. The molecule has 2 aromatic heterocycles. The van der Waals surface area contributed by atoms with Gasteiger partial charge >= 0.3 is 0 Å². The number of rotatable bonds is 2. The predicted molar refractivity (Wildman–Crippen MR) is 91.1 cm³/mol. The van der Waals surface area contributed by atoms with E-state index in [2.05, 4.69) is 19.9 Å². The maximum Gasteiger partial charge on any atom is 0.163 e. The van der Waals surface area contributed by atoms with Gasteiger partial charge in [-0.25, -0.2) is 9.97 Å². The summed E-state index contributed by atoms with van der Waals surface area (Å²) in [6.07, 6.45) is 4.64. The van der Waals surface area contributed by atoms with Crippen LogP contribution in [0.1, 0.15) is 18.7 Å². The first-order valence-electron chi connectivity index (χ1n) is 8.95. The quantitative estimate of drug-likeness (QED) is 0.819. The first-order chi connectivity index (χ1) is 11.7. The van der Waals surface area contributed by atoms with Crippen LogP contribution in [0.25, 0.3) is 11.0 Å². The highest BCUT2D eigenvalue weighted by molar-refractivity contribution is 5.87. The van der Waals surface area contributed by atoms with Crippen LogP contribution in [-0.2, 0) is 11.8 Å². The van der Waals surface area contributed by atoms with Crippen molar-refractivity contribution >= 4 is 16.9 Å². The van der Waals surface area contributed by atoms with Crippen LogP contribution in [0.2, 0.25) is 0 Å². The van der Waals surface area contributed by atoms with Gasteiger partial charge in [-0.3, -0.25) is 9.58 Å². The van der Waals surface area contributed by atoms with Gasteiger partial charge in [0.1, 0.15) is 11.6 Å². The highest BCUT2D eigenvalue weighted by atomic mass is 16.5. The minimum atomic E-state index is 0.472. The molecule has 7 heteroatoms. The maximum absolute atomic E-state index is 5.93. The van der Waals surface area contributed by atoms with Crippen molar-refractivity contribution in [1.82, 2.24) is 24.6 Å². The molecule has 0 spiro atoms. The van der Waals surface area contributed by atoms with Gasteiger partial charge in [-0.2, -0.15) is 5.10 Å². The molecule has 5 rings (SSSR count). The fourth-order valence-corrected chi connectivity index (χ4v) is 4.31. The summed E-state index contributed by atoms with van der Waals surface area (Å²) in [6.45, 7) is 6.80. The first-order valence-corrected chi connectivity index (χ1v) is 8.95. The Labute approximate surface area is 141 Å². The van der Waals surface area contributed by atoms with E-state index in [1.54, 1.807) is 0 Å². The number of ether oxygens (including phenoxy) is 1. The molecule has 24 heavy (non-hydrogen) atoms. The van der Waals surface area contributed by atoms with Gasteiger partial charge in [-0.05, 0) is 25.7 Å². The summed E-state index contributed by atoms with van der Waals surface area (Å²) < 4.78 is 7.76. The van der Waals surface area contributed by atoms with E-state index in [4.69, 9.17) is 9.72 Å². The molecular weight excluding hydrogens is 304 g/mol. The van der Waals surface area contributed by atoms with Crippen molar-refractivity contribution in [3.05, 3.63) is 12.0 Å². The largest absolute Gasteiger partial charge is 0.378 e. The number of anilines is 1. The third kappa shape index (κ3) is 2.29. The number of hydrogen-bond acceptors (Lipinski definition) is 6. The summed E-state index contributed by atoms with van der Waals surface area (Å²) in [5, 5.41) is 5.42. The van der Waals surface area contributed by atoms with Crippen LogP contribution >= 0.6 is 0 Å². The highest BCUT2D eigenvalue weighted by Crippen LogP contribution is 2.38. The molecule has 0 N–H and O–H groups in total. The predicted octanol–water partition coefficient (Wildman–Crippen LogP) is 0.971. The molecule has 1 saturated carbocycles. The van der Waals surface area contributed by atoms with Crippen molar-refractivity contribution < 1.29 is 4.74 Å². The SMILES string of the molecule is Cc1nc(N2CCN3[C@@H](COC[C@@H]3C3CC3)C2)c2cnn(C)c2n1. The van der Waals surface area contributed by atoms with Gasteiger partial charge in [-0.15, -0.1) is 0 Å². The number of aromatic nitrogens is 4. The molecule has 0 unspecified atom stereocenters. The zero-order chi connectivity index (χ0) is 16.3. The van der Waals surface area contributed by atoms with Crippen molar-refractivity contribution in [2.45, 2.75) is 31.8 Å². The average Bonchev–Trinajstić information content (AvgIpc) is 3.38. The van der Waals surface area contributed by atoms with E-state index in [9.17, 15) is 0 Å². The molecule has 2 atom stereocenters. The first kappa shape index (κ1) is 14.6. The number of fused-ring (bicyclic) bond motifs is 2. The van der Waals surface area contributed by atoms with Crippen LogP contribution in [0.5, 0.6) is 0 Å². The maximum atomic E-state index is 5.93. The van der Waals surface area contributed by atoms with E-state index in [0.29, 0.717) is 12.1 Å². The van der Waals surface area contributed by atoms with Crippen LogP contribution in [-0.4, -0.2) is 69.6 Å². The second kappa shape index (κ2) is 5.39. The highest BCUT2D eigenvalue weighted by Gasteiger charge is 2.43. The van der Waals surface area contributed by atoms with E-state index in [1.165, 1.54) is 12.8 Å². The molecule has 1 aliphatic carbocycles. The van der Waals surface area contributed by atoms with Gasteiger partial charge in [0.25, 0.3) is 0 Å². The number of hydrogen-bond donors (Lipinski definition) is 0. The number of nitrogens with zero attached hydrogens (tertiary/aromatic N) is 6. The molecule has 128 valence electrons. The Bertz CT molecular complexity index is 770. The van der Waals surface area contributed by atoms with Crippen LogP contribution in [0.15, 0.2) is 6.20 Å². The molecule has 0 amide bonds. The molecule has 0 aromatic carbocycles. The summed E-state index contributed by atoms with van der Waals surface area (Å²) in [5.41, 5.74) is 0.913. The lowest BCUT2D eigenvalue weighted by atomic mass is 10.0. The van der Waals surface area contributed by atoms with Gasteiger partial charge in [0, 0.05) is 32.7 Å². The van der Waals surface area contributed by atoms with Gasteiger partial charge in [0.2, 0.25) is 0 Å². The van der Waals surface area contributed by atoms with Crippen LogP contribution in [0.4, 0.5) is 5.82 Å². The van der Waals surface area contributed by atoms with Crippen LogP contribution < -0.4 is 4.90 Å². The zero-order valence-electron chi connectivity index (χ0n) is 14.4. The molecule has 2 saturated heterocycles. The number of morpholine rings is 1. The van der Waals surface area contributed by atoms with Crippen molar-refractivity contribution in [3.8, 4) is 0 Å². The van der Waals surface area contributed by atoms with Crippen LogP contribution in [0.3, 0.4) is 0 Å². The van der Waals surface area contributed by atoms with Crippen LogP contribution in [0, 0.1) is 12.8 Å². The second-order valence-electron chi connectivity index (χ2n) is 7.38. The Morgan fingerprint density at radius 2 is 2.04 bits per heavy atom. The fourth-order valence-electron chi connectivity index (χ4n) is 4.31. The minimum Gasteiger partial charge on any atom is -0.378 e. The molecule has 0 bridgehead atoms. The normalized spacial score (nSPS) is 28.3. The number of aryl methyl sites for hydroxylation is 2. The summed E-state index contributed by atoms with van der Waals surface area (Å²) in [6, 6.07) is 1.11. The molecule has 4 heterocycles. The Morgan fingerprint density at radius 3 is 2.88 bits per heavy atom. The standard InChI is InChI=1S/C17H24N6O/c1-11-19-16-14(7-18-21(16)2)17(20-11)22-5-6-23-13(8-22)9-24-10-15(23)12-3-4-12/h7,12-13,15H,3-6,8-10H2,1-2H3/t13-,15-/m1/s1. The van der Waals surface area contributed by atoms with E-state index in [-0.39, 0.29) is 0 Å². The third-order valence-corrected chi connectivity index (χ3v) is 5.70. The van der Waals surface area contributed by atoms with E-state index >= 15 is 0 Å². The summed E-state index contributed by atoms with van der Waals surface area (Å²) in [4.78, 5) is 14.4. The summed E-state index contributed by atoms with van der Waals surface area (Å²) >= 11 is 0. The van der Waals surface area contributed by atoms with E-state index in [0.717, 1.165) is 61.4 Å². The minimum absolute atomic E-state index is 0.472. The third-order valence-electron chi connectivity index (χ3n) is 5.70. The lowest BCUT2D eigenvalue weighted by molar-refractivity contribution is -0.0603. The Kier molecular flexibility index (Phi) is 3.28. The van der Waals surface area contributed by atoms with Gasteiger partial charge < -0.3 is 9.64 Å². The number of piperazine rings is 1. The van der Waals surface area contributed by atoms with Gasteiger partial charge in [-0.1, -0.05) is 0 Å². The Morgan fingerprint density at radius 1 is 1.17 bits per heavy atom. The summed E-state index contributed by atoms with van der Waals surface area (Å²) in [7, 11) is 1.94. The average molecular weight is 328 g/mol. The van der Waals surface area contributed by atoms with E-state index in [1.807, 2.05) is 24.9 Å². The molecule has 0 radical (unpaired) electrons. The van der Waals surface area contributed by atoms with Crippen molar-refractivity contribution in [1.29, 1.82) is 0 Å². The topological polar surface area (TPSA) is 59.3 Å². The molecule has 2 aliphatic heterocycles. The molecule has 3 fully saturated rings. The van der Waals surface area contributed by atoms with Crippen molar-refractivity contribution in [2.75, 3.05) is 37.7 Å². The monoisotopic (exact) mass is 328 g/mol. The second-order valence-corrected chi connectivity index (χ2v) is 7.38. The lowest BCUT2D eigenvalue weighted by Crippen LogP contribution is -2.62. The molecule has 7 nitrogen and oxygen atoms in total. The molecule has 3 aliphatic rings.